The average Bonchev–Trinajstić information content (AvgIpc) is 2.02. The van der Waals surface area contributed by atoms with Crippen molar-refractivity contribution in [2.45, 2.75) is 6.92 Å². The third-order valence-corrected chi connectivity index (χ3v) is 0.604. The molecule has 2 N–H and O–H groups in total. The van der Waals surface area contributed by atoms with Crippen LogP contribution >= 0.6 is 0 Å². The molecule has 70 valence electrons. The van der Waals surface area contributed by atoms with Gasteiger partial charge in [-0.1, -0.05) is 6.58 Å². The molecule has 0 amide bonds. The first-order chi connectivity index (χ1) is 5.54. The van der Waals surface area contributed by atoms with E-state index in [1.165, 1.54) is 0 Å². The van der Waals surface area contributed by atoms with Crippen LogP contribution in [0, 0.1) is 0 Å². The molecule has 0 aliphatic carbocycles. The second-order valence-electron chi connectivity index (χ2n) is 1.57. The summed E-state index contributed by atoms with van der Waals surface area (Å²) in [4.78, 5) is 18.9. The zero-order chi connectivity index (χ0) is 9.98. The van der Waals surface area contributed by atoms with Crippen LogP contribution < -0.4 is 0 Å². The lowest BCUT2D eigenvalue weighted by molar-refractivity contribution is -0.142. The van der Waals surface area contributed by atoms with Gasteiger partial charge in [0.25, 0.3) is 0 Å². The molecule has 0 aliphatic heterocycles. The topological polar surface area (TPSA) is 83.8 Å². The van der Waals surface area contributed by atoms with Crippen LogP contribution in [0.25, 0.3) is 0 Å². The number of hydrogen-bond donors (Lipinski definition) is 2. The van der Waals surface area contributed by atoms with E-state index in [0.29, 0.717) is 6.61 Å². The molecule has 5 heteroatoms. The van der Waals surface area contributed by atoms with E-state index in [-0.39, 0.29) is 6.61 Å². The number of carboxylic acid groups (broad SMARTS) is 2. The Morgan fingerprint density at radius 2 is 1.92 bits per heavy atom. The normalized spacial score (nSPS) is 7.75. The van der Waals surface area contributed by atoms with Gasteiger partial charge in [-0.05, 0) is 6.92 Å². The molecule has 0 radical (unpaired) electrons. The Balaban J connectivity index is 0. The van der Waals surface area contributed by atoms with Gasteiger partial charge in [0.2, 0.25) is 0 Å². The van der Waals surface area contributed by atoms with Gasteiger partial charge in [-0.2, -0.15) is 0 Å². The van der Waals surface area contributed by atoms with E-state index >= 15 is 0 Å². The lowest BCUT2D eigenvalue weighted by Crippen LogP contribution is -2.05. The van der Waals surface area contributed by atoms with E-state index < -0.39 is 11.9 Å². The molecule has 0 saturated carbocycles. The lowest BCUT2D eigenvalue weighted by atomic mass is 10.7. The predicted molar refractivity (Wildman–Crippen MR) is 42.0 cm³/mol. The van der Waals surface area contributed by atoms with Crippen LogP contribution in [0.1, 0.15) is 6.92 Å². The van der Waals surface area contributed by atoms with Gasteiger partial charge in [0.05, 0.1) is 0 Å². The van der Waals surface area contributed by atoms with Crippen LogP contribution in [0.3, 0.4) is 0 Å². The molecule has 0 spiro atoms. The molecule has 0 saturated heterocycles. The molecular weight excluding hydrogens is 164 g/mol. The van der Waals surface area contributed by atoms with Crippen molar-refractivity contribution >= 4 is 11.9 Å². The molecule has 0 aliphatic rings. The zero-order valence-corrected chi connectivity index (χ0v) is 6.82. The Labute approximate surface area is 70.3 Å². The average molecular weight is 176 g/mol. The molecule has 0 aromatic rings. The quantitative estimate of drug-likeness (QED) is 0.604. The molecule has 0 bridgehead atoms. The highest BCUT2D eigenvalue weighted by Gasteiger charge is 1.90. The van der Waals surface area contributed by atoms with Gasteiger partial charge >= 0.3 is 11.9 Å². The molecule has 0 unspecified atom stereocenters. The molecule has 0 heterocycles. The number of ether oxygens (including phenoxy) is 1. The fourth-order valence-corrected chi connectivity index (χ4v) is 0.189. The third-order valence-electron chi connectivity index (χ3n) is 0.604. The van der Waals surface area contributed by atoms with Crippen molar-refractivity contribution in [3.8, 4) is 0 Å². The summed E-state index contributed by atoms with van der Waals surface area (Å²) in [5, 5.41) is 15.5. The number of hydrogen-bond acceptors (Lipinski definition) is 3. The van der Waals surface area contributed by atoms with Gasteiger partial charge in [-0.15, -0.1) is 0 Å². The van der Waals surface area contributed by atoms with Crippen molar-refractivity contribution < 1.29 is 24.5 Å². The zero-order valence-electron chi connectivity index (χ0n) is 6.82. The summed E-state index contributed by atoms with van der Waals surface area (Å²) in [6, 6.07) is 0. The largest absolute Gasteiger partial charge is 0.480 e. The Kier molecular flexibility index (Phi) is 10.6. The second kappa shape index (κ2) is 9.64. The highest BCUT2D eigenvalue weighted by molar-refractivity contribution is 5.78. The van der Waals surface area contributed by atoms with Gasteiger partial charge in [0.15, 0.2) is 0 Å². The van der Waals surface area contributed by atoms with E-state index in [1.54, 1.807) is 6.92 Å². The fourth-order valence-electron chi connectivity index (χ4n) is 0.189. The molecule has 0 rings (SSSR count). The SMILES string of the molecule is C=CC(=O)O.CCOCC(=O)O. The Morgan fingerprint density at radius 3 is 2.00 bits per heavy atom. The minimum Gasteiger partial charge on any atom is -0.480 e. The van der Waals surface area contributed by atoms with Crippen LogP contribution in [-0.4, -0.2) is 35.4 Å². The predicted octanol–water partition coefficient (Wildman–Crippen LogP) is 0.364. The molecule has 5 nitrogen and oxygen atoms in total. The van der Waals surface area contributed by atoms with Gasteiger partial charge in [0.1, 0.15) is 6.61 Å². The van der Waals surface area contributed by atoms with E-state index in [0.717, 1.165) is 6.08 Å². The fraction of sp³-hybridized carbons (Fsp3) is 0.429. The van der Waals surface area contributed by atoms with Crippen LogP contribution in [0.5, 0.6) is 0 Å². The summed E-state index contributed by atoms with van der Waals surface area (Å²) in [5.41, 5.74) is 0. The second-order valence-corrected chi connectivity index (χ2v) is 1.57. The smallest absolute Gasteiger partial charge is 0.329 e. The van der Waals surface area contributed by atoms with Crippen molar-refractivity contribution in [2.24, 2.45) is 0 Å². The Hall–Kier alpha value is -1.36. The molecule has 0 atom stereocenters. The highest BCUT2D eigenvalue weighted by atomic mass is 16.5. The first kappa shape index (κ1) is 13.2. The monoisotopic (exact) mass is 176 g/mol. The van der Waals surface area contributed by atoms with E-state index in [2.05, 4.69) is 11.3 Å². The first-order valence-corrected chi connectivity index (χ1v) is 3.19. The lowest BCUT2D eigenvalue weighted by Gasteiger charge is -1.90. The number of rotatable bonds is 4. The van der Waals surface area contributed by atoms with Gasteiger partial charge in [-0.3, -0.25) is 0 Å². The standard InChI is InChI=1S/C4H8O3.C3H4O2/c1-2-7-3-4(5)6;1-2-3(4)5/h2-3H2,1H3,(H,5,6);2H,1H2,(H,4,5). The molecule has 12 heavy (non-hydrogen) atoms. The highest BCUT2D eigenvalue weighted by Crippen LogP contribution is 1.69. The molecule has 0 aromatic heterocycles. The van der Waals surface area contributed by atoms with Crippen molar-refractivity contribution in [3.05, 3.63) is 12.7 Å². The van der Waals surface area contributed by atoms with Crippen LogP contribution in [-0.2, 0) is 14.3 Å². The number of aliphatic carboxylic acids is 2. The summed E-state index contributed by atoms with van der Waals surface area (Å²) < 4.78 is 4.50. The van der Waals surface area contributed by atoms with E-state index in [4.69, 9.17) is 10.2 Å². The summed E-state index contributed by atoms with van der Waals surface area (Å²) in [6.07, 6.45) is 0.833. The first-order valence-electron chi connectivity index (χ1n) is 3.19. The van der Waals surface area contributed by atoms with E-state index in [9.17, 15) is 9.59 Å². The van der Waals surface area contributed by atoms with Crippen molar-refractivity contribution in [2.75, 3.05) is 13.2 Å². The third kappa shape index (κ3) is 23.4. The van der Waals surface area contributed by atoms with Gasteiger partial charge in [0, 0.05) is 12.7 Å². The number of carboxylic acids is 2. The van der Waals surface area contributed by atoms with Crippen molar-refractivity contribution in [1.82, 2.24) is 0 Å². The molecular formula is C7H12O5. The summed E-state index contributed by atoms with van der Waals surface area (Å²) in [7, 11) is 0. The van der Waals surface area contributed by atoms with Crippen LogP contribution in [0.4, 0.5) is 0 Å². The van der Waals surface area contributed by atoms with Gasteiger partial charge < -0.3 is 14.9 Å². The maximum Gasteiger partial charge on any atom is 0.329 e. The Morgan fingerprint density at radius 1 is 1.50 bits per heavy atom. The minimum atomic E-state index is -0.981. The Bertz CT molecular complexity index is 152. The van der Waals surface area contributed by atoms with Crippen molar-refractivity contribution in [1.29, 1.82) is 0 Å². The molecule has 0 aromatic carbocycles. The maximum absolute atomic E-state index is 9.63. The minimum absolute atomic E-state index is 0.184. The molecule has 0 fully saturated rings. The summed E-state index contributed by atoms with van der Waals surface area (Å²) in [6.45, 7) is 4.99. The van der Waals surface area contributed by atoms with Crippen LogP contribution in [0.2, 0.25) is 0 Å². The maximum atomic E-state index is 9.63. The van der Waals surface area contributed by atoms with Crippen molar-refractivity contribution in [3.63, 3.8) is 0 Å². The van der Waals surface area contributed by atoms with E-state index in [1.807, 2.05) is 0 Å². The van der Waals surface area contributed by atoms with Crippen LogP contribution in [0.15, 0.2) is 12.7 Å². The summed E-state index contributed by atoms with van der Waals surface area (Å²) >= 11 is 0. The van der Waals surface area contributed by atoms with Gasteiger partial charge in [-0.25, -0.2) is 9.59 Å². The number of carbonyl (C=O) groups is 2. The summed E-state index contributed by atoms with van der Waals surface area (Å²) in [5.74, 6) is -1.90.